The zero-order valence-corrected chi connectivity index (χ0v) is 15.8. The third-order valence-electron chi connectivity index (χ3n) is 5.05. The van der Waals surface area contributed by atoms with E-state index in [1.54, 1.807) is 12.1 Å². The number of nitrogens with one attached hydrogen (secondary N) is 2. The van der Waals surface area contributed by atoms with Crippen LogP contribution >= 0.6 is 0 Å². The van der Waals surface area contributed by atoms with Gasteiger partial charge in [0.15, 0.2) is 0 Å². The fourth-order valence-corrected chi connectivity index (χ4v) is 3.31. The van der Waals surface area contributed by atoms with Crippen LogP contribution in [-0.4, -0.2) is 49.1 Å². The van der Waals surface area contributed by atoms with Crippen molar-refractivity contribution >= 4 is 17.5 Å². The molecule has 1 heterocycles. The van der Waals surface area contributed by atoms with Crippen molar-refractivity contribution in [1.29, 1.82) is 0 Å². The summed E-state index contributed by atoms with van der Waals surface area (Å²) in [5.41, 5.74) is 2.24. The Hall–Kier alpha value is -2.86. The van der Waals surface area contributed by atoms with E-state index >= 15 is 0 Å². The average molecular weight is 379 g/mol. The van der Waals surface area contributed by atoms with E-state index in [-0.39, 0.29) is 11.8 Å². The molecule has 1 saturated heterocycles. The predicted molar refractivity (Wildman–Crippen MR) is 107 cm³/mol. The van der Waals surface area contributed by atoms with Crippen molar-refractivity contribution < 1.29 is 14.3 Å². The van der Waals surface area contributed by atoms with Gasteiger partial charge in [-0.2, -0.15) is 0 Å². The molecule has 28 heavy (non-hydrogen) atoms. The van der Waals surface area contributed by atoms with E-state index in [0.29, 0.717) is 37.9 Å². The molecule has 2 aliphatic rings. The van der Waals surface area contributed by atoms with Gasteiger partial charge in [-0.05, 0) is 36.6 Å². The number of nitrogens with zero attached hydrogens (tertiary/aromatic N) is 1. The summed E-state index contributed by atoms with van der Waals surface area (Å²) in [6, 6.07) is 16.8. The number of carbonyl (C=O) groups excluding carboxylic acids is 2. The molecule has 1 saturated carbocycles. The lowest BCUT2D eigenvalue weighted by molar-refractivity contribution is -0.136. The molecule has 0 aromatic heterocycles. The molecule has 0 bridgehead atoms. The van der Waals surface area contributed by atoms with Crippen LogP contribution in [0.1, 0.15) is 34.8 Å². The minimum Gasteiger partial charge on any atom is -0.378 e. The lowest BCUT2D eigenvalue weighted by Gasteiger charge is -2.31. The molecule has 2 amide bonds. The second-order valence-corrected chi connectivity index (χ2v) is 7.25. The van der Waals surface area contributed by atoms with E-state index in [2.05, 4.69) is 10.6 Å². The van der Waals surface area contributed by atoms with Gasteiger partial charge in [0.25, 0.3) is 5.91 Å². The summed E-state index contributed by atoms with van der Waals surface area (Å²) < 4.78 is 5.37. The Morgan fingerprint density at radius 2 is 1.75 bits per heavy atom. The van der Waals surface area contributed by atoms with Crippen LogP contribution < -0.4 is 10.6 Å². The molecule has 2 fully saturated rings. The number of rotatable bonds is 6. The van der Waals surface area contributed by atoms with E-state index in [1.165, 1.54) is 0 Å². The summed E-state index contributed by atoms with van der Waals surface area (Å²) in [5.74, 6) is -0.0516. The second-order valence-electron chi connectivity index (χ2n) is 7.25. The van der Waals surface area contributed by atoms with Crippen LogP contribution in [0.25, 0.3) is 0 Å². The number of anilines is 1. The molecule has 1 aliphatic carbocycles. The van der Waals surface area contributed by atoms with E-state index in [4.69, 9.17) is 4.74 Å². The van der Waals surface area contributed by atoms with Crippen molar-refractivity contribution in [2.75, 3.05) is 31.6 Å². The Morgan fingerprint density at radius 1 is 1.00 bits per heavy atom. The highest BCUT2D eigenvalue weighted by Gasteiger charge is 2.28. The molecule has 0 unspecified atom stereocenters. The van der Waals surface area contributed by atoms with Crippen molar-refractivity contribution in [3.8, 4) is 0 Å². The molecule has 6 nitrogen and oxygen atoms in total. The quantitative estimate of drug-likeness (QED) is 0.809. The van der Waals surface area contributed by atoms with Crippen molar-refractivity contribution in [2.45, 2.75) is 24.9 Å². The minimum atomic E-state index is -0.513. The number of hydrogen-bond donors (Lipinski definition) is 2. The highest BCUT2D eigenvalue weighted by molar-refractivity contribution is 5.95. The van der Waals surface area contributed by atoms with Gasteiger partial charge in [-0.15, -0.1) is 0 Å². The summed E-state index contributed by atoms with van der Waals surface area (Å²) in [5, 5.41) is 6.35. The van der Waals surface area contributed by atoms with Crippen LogP contribution in [0.15, 0.2) is 54.6 Å². The second kappa shape index (κ2) is 8.44. The zero-order valence-electron chi connectivity index (χ0n) is 15.8. The number of amides is 2. The Kier molecular flexibility index (Phi) is 5.58. The molecule has 146 valence electrons. The smallest absolute Gasteiger partial charge is 0.251 e. The van der Waals surface area contributed by atoms with E-state index in [9.17, 15) is 9.59 Å². The first kappa shape index (κ1) is 18.5. The van der Waals surface area contributed by atoms with Crippen molar-refractivity contribution in [3.05, 3.63) is 65.7 Å². The third kappa shape index (κ3) is 4.51. The van der Waals surface area contributed by atoms with E-state index in [1.807, 2.05) is 47.4 Å². The number of carbonyl (C=O) groups is 2. The van der Waals surface area contributed by atoms with Crippen LogP contribution in [-0.2, 0) is 9.53 Å². The first-order chi connectivity index (χ1) is 13.7. The van der Waals surface area contributed by atoms with Crippen LogP contribution in [0.4, 0.5) is 5.69 Å². The highest BCUT2D eigenvalue weighted by atomic mass is 16.5. The summed E-state index contributed by atoms with van der Waals surface area (Å²) in [4.78, 5) is 27.4. The zero-order chi connectivity index (χ0) is 19.3. The molecule has 2 aromatic rings. The molecule has 2 aromatic carbocycles. The predicted octanol–water partition coefficient (Wildman–Crippen LogP) is 2.59. The van der Waals surface area contributed by atoms with Crippen LogP contribution in [0, 0.1) is 0 Å². The van der Waals surface area contributed by atoms with Gasteiger partial charge < -0.3 is 20.3 Å². The molecule has 0 spiro atoms. The SMILES string of the molecule is O=C(NC1CC1)c1cccc(N[C@@H](C(=O)N2CCOCC2)c2ccccc2)c1. The number of hydrogen-bond acceptors (Lipinski definition) is 4. The Morgan fingerprint density at radius 3 is 2.46 bits per heavy atom. The standard InChI is InChI=1S/C22H25N3O3/c26-21(24-18-9-10-18)17-7-4-8-19(15-17)23-20(16-5-2-1-3-6-16)22(27)25-11-13-28-14-12-25/h1-8,15,18,20,23H,9-14H2,(H,24,26)/t20-/m1/s1. The topological polar surface area (TPSA) is 70.7 Å². The van der Waals surface area contributed by atoms with Gasteiger partial charge in [0.1, 0.15) is 6.04 Å². The molecule has 0 radical (unpaired) electrons. The molecule has 4 rings (SSSR count). The van der Waals surface area contributed by atoms with Gasteiger partial charge in [0.05, 0.1) is 13.2 Å². The first-order valence-corrected chi connectivity index (χ1v) is 9.79. The van der Waals surface area contributed by atoms with Crippen molar-refractivity contribution in [1.82, 2.24) is 10.2 Å². The lowest BCUT2D eigenvalue weighted by atomic mass is 10.0. The monoisotopic (exact) mass is 379 g/mol. The fraction of sp³-hybridized carbons (Fsp3) is 0.364. The number of benzene rings is 2. The molecule has 6 heteroatoms. The summed E-state index contributed by atoms with van der Waals surface area (Å²) >= 11 is 0. The molecule has 1 atom stereocenters. The van der Waals surface area contributed by atoms with Crippen molar-refractivity contribution in [3.63, 3.8) is 0 Å². The largest absolute Gasteiger partial charge is 0.378 e. The van der Waals surface area contributed by atoms with Gasteiger partial charge in [0.2, 0.25) is 5.91 Å². The summed E-state index contributed by atoms with van der Waals surface area (Å²) in [7, 11) is 0. The fourth-order valence-electron chi connectivity index (χ4n) is 3.31. The van der Waals surface area contributed by atoms with Crippen LogP contribution in [0.3, 0.4) is 0 Å². The summed E-state index contributed by atoms with van der Waals surface area (Å²) in [6.45, 7) is 2.30. The van der Waals surface area contributed by atoms with E-state index < -0.39 is 6.04 Å². The van der Waals surface area contributed by atoms with Crippen LogP contribution in [0.2, 0.25) is 0 Å². The minimum absolute atomic E-state index is 0.0161. The molecule has 1 aliphatic heterocycles. The maximum Gasteiger partial charge on any atom is 0.251 e. The normalized spacial score (nSPS) is 17.6. The molecule has 2 N–H and O–H groups in total. The third-order valence-corrected chi connectivity index (χ3v) is 5.05. The van der Waals surface area contributed by atoms with E-state index in [0.717, 1.165) is 24.1 Å². The van der Waals surface area contributed by atoms with Gasteiger partial charge in [-0.1, -0.05) is 36.4 Å². The Labute approximate surface area is 164 Å². The van der Waals surface area contributed by atoms with Gasteiger partial charge >= 0.3 is 0 Å². The van der Waals surface area contributed by atoms with Crippen molar-refractivity contribution in [2.24, 2.45) is 0 Å². The number of ether oxygens (including phenoxy) is 1. The molecular weight excluding hydrogens is 354 g/mol. The average Bonchev–Trinajstić information content (AvgIpc) is 3.57. The number of morpholine rings is 1. The van der Waals surface area contributed by atoms with Gasteiger partial charge in [-0.3, -0.25) is 9.59 Å². The lowest BCUT2D eigenvalue weighted by Crippen LogP contribution is -2.44. The molecular formula is C22H25N3O3. The van der Waals surface area contributed by atoms with Gasteiger partial charge in [-0.25, -0.2) is 0 Å². The highest BCUT2D eigenvalue weighted by Crippen LogP contribution is 2.24. The van der Waals surface area contributed by atoms with Gasteiger partial charge in [0, 0.05) is 30.4 Å². The maximum absolute atomic E-state index is 13.2. The summed E-state index contributed by atoms with van der Waals surface area (Å²) in [6.07, 6.45) is 2.10. The Balaban J connectivity index is 1.55. The van der Waals surface area contributed by atoms with Crippen LogP contribution in [0.5, 0.6) is 0 Å². The first-order valence-electron chi connectivity index (χ1n) is 9.79. The Bertz CT molecular complexity index is 830. The maximum atomic E-state index is 13.2.